The number of nitrogens with one attached hydrogen (secondary N) is 1. The molecule has 1 aliphatic heterocycles. The highest BCUT2D eigenvalue weighted by Crippen LogP contribution is 2.31. The van der Waals surface area contributed by atoms with E-state index in [0.717, 1.165) is 0 Å². The van der Waals surface area contributed by atoms with E-state index in [2.05, 4.69) is 29.6 Å². The molecule has 26 heavy (non-hydrogen) atoms. The van der Waals surface area contributed by atoms with E-state index in [1.165, 1.54) is 16.3 Å². The van der Waals surface area contributed by atoms with Gasteiger partial charge in [0.1, 0.15) is 6.04 Å². The Balaban J connectivity index is 1.46. The topological polar surface area (TPSA) is 55.4 Å². The maximum absolute atomic E-state index is 12.4. The van der Waals surface area contributed by atoms with Gasteiger partial charge >= 0.3 is 11.9 Å². The van der Waals surface area contributed by atoms with Crippen molar-refractivity contribution in [2.45, 2.75) is 18.4 Å². The molecule has 2 atom stereocenters. The highest BCUT2D eigenvalue weighted by atomic mass is 16.6. The lowest BCUT2D eigenvalue weighted by atomic mass is 9.91. The molecule has 4 heteroatoms. The van der Waals surface area contributed by atoms with Crippen LogP contribution in [-0.4, -0.2) is 24.5 Å². The molecule has 4 rings (SSSR count). The van der Waals surface area contributed by atoms with E-state index in [1.54, 1.807) is 24.3 Å². The molecular formula is C22H19NO3. The number of hydrogen-bond acceptors (Lipinski definition) is 4. The number of fused-ring (bicyclic) bond motifs is 1. The van der Waals surface area contributed by atoms with E-state index in [1.807, 2.05) is 24.3 Å². The predicted octanol–water partition coefficient (Wildman–Crippen LogP) is 3.67. The molecule has 3 aromatic rings. The molecule has 0 spiro atoms. The molecule has 0 aliphatic carbocycles. The van der Waals surface area contributed by atoms with Crippen molar-refractivity contribution in [3.8, 4) is 0 Å². The average Bonchev–Trinajstić information content (AvgIpc) is 3.18. The Labute approximate surface area is 151 Å². The Morgan fingerprint density at radius 2 is 1.62 bits per heavy atom. The van der Waals surface area contributed by atoms with Crippen LogP contribution in [0.2, 0.25) is 0 Å². The minimum Gasteiger partial charge on any atom is -0.388 e. The van der Waals surface area contributed by atoms with E-state index in [-0.39, 0.29) is 5.92 Å². The monoisotopic (exact) mass is 345 g/mol. The molecule has 1 heterocycles. The van der Waals surface area contributed by atoms with Crippen LogP contribution in [0.15, 0.2) is 72.8 Å². The largest absolute Gasteiger partial charge is 0.388 e. The van der Waals surface area contributed by atoms with Gasteiger partial charge in [0.15, 0.2) is 0 Å². The molecule has 1 unspecified atom stereocenters. The second-order valence-corrected chi connectivity index (χ2v) is 6.54. The number of ether oxygens (including phenoxy) is 1. The molecule has 4 nitrogen and oxygen atoms in total. The quantitative estimate of drug-likeness (QED) is 0.581. The molecule has 1 saturated heterocycles. The Morgan fingerprint density at radius 1 is 0.885 bits per heavy atom. The molecule has 3 aromatic carbocycles. The molecule has 1 fully saturated rings. The van der Waals surface area contributed by atoms with E-state index in [9.17, 15) is 9.59 Å². The first-order chi connectivity index (χ1) is 12.7. The van der Waals surface area contributed by atoms with E-state index >= 15 is 0 Å². The van der Waals surface area contributed by atoms with Gasteiger partial charge in [0.2, 0.25) is 0 Å². The molecular weight excluding hydrogens is 326 g/mol. The van der Waals surface area contributed by atoms with Crippen molar-refractivity contribution >= 4 is 22.7 Å². The van der Waals surface area contributed by atoms with Crippen molar-refractivity contribution < 1.29 is 14.3 Å². The van der Waals surface area contributed by atoms with Crippen molar-refractivity contribution in [1.29, 1.82) is 0 Å². The molecule has 0 saturated carbocycles. The Kier molecular flexibility index (Phi) is 4.50. The van der Waals surface area contributed by atoms with Crippen molar-refractivity contribution in [3.05, 3.63) is 83.9 Å². The van der Waals surface area contributed by atoms with Crippen LogP contribution >= 0.6 is 0 Å². The molecule has 0 radical (unpaired) electrons. The van der Waals surface area contributed by atoms with Gasteiger partial charge in [-0.2, -0.15) is 0 Å². The summed E-state index contributed by atoms with van der Waals surface area (Å²) in [6.07, 6.45) is 0.620. The van der Waals surface area contributed by atoms with Gasteiger partial charge in [0.05, 0.1) is 5.56 Å². The fourth-order valence-corrected chi connectivity index (χ4v) is 3.55. The SMILES string of the molecule is O=C(OC(=O)[C@@H]1CC(c2cccc3ccccc23)CN1)c1ccccc1. The summed E-state index contributed by atoms with van der Waals surface area (Å²) in [6, 6.07) is 22.6. The fourth-order valence-electron chi connectivity index (χ4n) is 3.55. The summed E-state index contributed by atoms with van der Waals surface area (Å²) >= 11 is 0. The van der Waals surface area contributed by atoms with Crippen LogP contribution in [0.5, 0.6) is 0 Å². The maximum Gasteiger partial charge on any atom is 0.345 e. The third-order valence-corrected chi connectivity index (χ3v) is 4.88. The van der Waals surface area contributed by atoms with Crippen LogP contribution < -0.4 is 5.32 Å². The summed E-state index contributed by atoms with van der Waals surface area (Å²) in [4.78, 5) is 24.4. The third-order valence-electron chi connectivity index (χ3n) is 4.88. The standard InChI is InChI=1S/C22H19NO3/c24-21(16-8-2-1-3-9-16)26-22(25)20-13-17(14-23-20)19-12-6-10-15-7-4-5-11-18(15)19/h1-12,17,20,23H,13-14H2/t17?,20-/m0/s1. The van der Waals surface area contributed by atoms with Crippen LogP contribution in [-0.2, 0) is 9.53 Å². The average molecular weight is 345 g/mol. The van der Waals surface area contributed by atoms with Gasteiger partial charge in [-0.1, -0.05) is 60.7 Å². The lowest BCUT2D eigenvalue weighted by Gasteiger charge is -2.13. The first kappa shape index (κ1) is 16.5. The minimum atomic E-state index is -0.606. The molecule has 1 aliphatic rings. The van der Waals surface area contributed by atoms with Gasteiger partial charge in [-0.05, 0) is 40.8 Å². The number of carbonyl (C=O) groups is 2. The van der Waals surface area contributed by atoms with Crippen molar-refractivity contribution in [1.82, 2.24) is 5.32 Å². The third kappa shape index (κ3) is 3.24. The molecule has 1 N–H and O–H groups in total. The summed E-state index contributed by atoms with van der Waals surface area (Å²) in [6.45, 7) is 0.688. The predicted molar refractivity (Wildman–Crippen MR) is 100.0 cm³/mol. The second kappa shape index (κ2) is 7.10. The van der Waals surface area contributed by atoms with Gasteiger partial charge in [-0.3, -0.25) is 0 Å². The van der Waals surface area contributed by atoms with E-state index in [0.29, 0.717) is 18.5 Å². The first-order valence-corrected chi connectivity index (χ1v) is 8.74. The summed E-state index contributed by atoms with van der Waals surface area (Å²) in [5.41, 5.74) is 1.60. The number of benzene rings is 3. The Bertz CT molecular complexity index is 947. The van der Waals surface area contributed by atoms with E-state index < -0.39 is 18.0 Å². The first-order valence-electron chi connectivity index (χ1n) is 8.74. The normalized spacial score (nSPS) is 19.4. The fraction of sp³-hybridized carbons (Fsp3) is 0.182. The Hall–Kier alpha value is -2.98. The second-order valence-electron chi connectivity index (χ2n) is 6.54. The van der Waals surface area contributed by atoms with Crippen LogP contribution in [0.4, 0.5) is 0 Å². The van der Waals surface area contributed by atoms with Crippen molar-refractivity contribution in [2.75, 3.05) is 6.54 Å². The summed E-state index contributed by atoms with van der Waals surface area (Å²) in [7, 11) is 0. The lowest BCUT2D eigenvalue weighted by molar-refractivity contribution is -0.140. The number of rotatable bonds is 3. The Morgan fingerprint density at radius 3 is 2.46 bits per heavy atom. The van der Waals surface area contributed by atoms with Gasteiger partial charge < -0.3 is 10.1 Å². The molecule has 0 amide bonds. The summed E-state index contributed by atoms with van der Waals surface area (Å²) < 4.78 is 5.05. The van der Waals surface area contributed by atoms with Crippen LogP contribution in [0, 0.1) is 0 Å². The van der Waals surface area contributed by atoms with Crippen molar-refractivity contribution in [3.63, 3.8) is 0 Å². The van der Waals surface area contributed by atoms with Gasteiger partial charge in [-0.25, -0.2) is 9.59 Å². The molecule has 0 bridgehead atoms. The zero-order valence-electron chi connectivity index (χ0n) is 14.2. The summed E-state index contributed by atoms with van der Waals surface area (Å²) in [5.74, 6) is -0.905. The number of hydrogen-bond donors (Lipinski definition) is 1. The molecule has 130 valence electrons. The number of carbonyl (C=O) groups excluding carboxylic acids is 2. The summed E-state index contributed by atoms with van der Waals surface area (Å²) in [5, 5.41) is 5.59. The van der Waals surface area contributed by atoms with Crippen LogP contribution in [0.25, 0.3) is 10.8 Å². The van der Waals surface area contributed by atoms with Gasteiger partial charge in [-0.15, -0.1) is 0 Å². The van der Waals surface area contributed by atoms with E-state index in [4.69, 9.17) is 4.74 Å². The number of esters is 2. The van der Waals surface area contributed by atoms with Crippen LogP contribution in [0.1, 0.15) is 28.3 Å². The van der Waals surface area contributed by atoms with Gasteiger partial charge in [0.25, 0.3) is 0 Å². The zero-order chi connectivity index (χ0) is 17.9. The zero-order valence-corrected chi connectivity index (χ0v) is 14.2. The lowest BCUT2D eigenvalue weighted by Crippen LogP contribution is -2.33. The van der Waals surface area contributed by atoms with Crippen molar-refractivity contribution in [2.24, 2.45) is 0 Å². The van der Waals surface area contributed by atoms with Gasteiger partial charge in [0, 0.05) is 6.54 Å². The van der Waals surface area contributed by atoms with Crippen LogP contribution in [0.3, 0.4) is 0 Å². The minimum absolute atomic E-state index is 0.213. The maximum atomic E-state index is 12.4. The molecule has 0 aromatic heterocycles. The highest BCUT2D eigenvalue weighted by molar-refractivity contribution is 5.98. The highest BCUT2D eigenvalue weighted by Gasteiger charge is 2.33. The smallest absolute Gasteiger partial charge is 0.345 e.